The zero-order valence-corrected chi connectivity index (χ0v) is 20.9. The van der Waals surface area contributed by atoms with Gasteiger partial charge in [-0.2, -0.15) is 0 Å². The minimum absolute atomic E-state index is 0.272. The van der Waals surface area contributed by atoms with Crippen molar-refractivity contribution < 1.29 is 33.5 Å². The van der Waals surface area contributed by atoms with Crippen LogP contribution in [0.25, 0.3) is 0 Å². The van der Waals surface area contributed by atoms with E-state index in [1.165, 1.54) is 12.8 Å². The van der Waals surface area contributed by atoms with Gasteiger partial charge >= 0.3 is 13.8 Å². The molecule has 1 unspecified atom stereocenters. The molecule has 190 valence electrons. The summed E-state index contributed by atoms with van der Waals surface area (Å²) in [5.74, 6) is -0.426. The molecule has 0 aliphatic rings. The van der Waals surface area contributed by atoms with E-state index in [4.69, 9.17) is 14.5 Å². The molecule has 33 heavy (non-hydrogen) atoms. The molecule has 7 nitrogen and oxygen atoms in total. The molecule has 0 aliphatic heterocycles. The Morgan fingerprint density at radius 1 is 0.788 bits per heavy atom. The number of aliphatic hydroxyl groups is 1. The minimum Gasteiger partial charge on any atom is -0.463 e. The van der Waals surface area contributed by atoms with E-state index < -0.39 is 26.5 Å². The highest BCUT2D eigenvalue weighted by Crippen LogP contribution is 2.35. The van der Waals surface area contributed by atoms with Gasteiger partial charge in [-0.15, -0.1) is 0 Å². The summed E-state index contributed by atoms with van der Waals surface area (Å²) in [7, 11) is -4.63. The van der Waals surface area contributed by atoms with Gasteiger partial charge in [-0.05, 0) is 44.9 Å². The van der Waals surface area contributed by atoms with Crippen molar-refractivity contribution in [1.29, 1.82) is 0 Å². The van der Waals surface area contributed by atoms with Crippen molar-refractivity contribution in [2.75, 3.05) is 13.2 Å². The van der Waals surface area contributed by atoms with E-state index >= 15 is 0 Å². The molecule has 3 N–H and O–H groups in total. The molecule has 0 heterocycles. The molecule has 1 atom stereocenters. The summed E-state index contributed by atoms with van der Waals surface area (Å²) >= 11 is 0. The molecule has 0 aromatic rings. The van der Waals surface area contributed by atoms with Crippen molar-refractivity contribution in [3.63, 3.8) is 0 Å². The minimum atomic E-state index is -4.63. The van der Waals surface area contributed by atoms with Gasteiger partial charge in [0, 0.05) is 6.42 Å². The predicted octanol–water partition coefficient (Wildman–Crippen LogP) is 5.93. The molecule has 0 bridgehead atoms. The molecule has 0 saturated heterocycles. The lowest BCUT2D eigenvalue weighted by Crippen LogP contribution is -2.23. The summed E-state index contributed by atoms with van der Waals surface area (Å²) in [5.41, 5.74) is 0. The van der Waals surface area contributed by atoms with Crippen molar-refractivity contribution in [3.8, 4) is 0 Å². The zero-order valence-electron chi connectivity index (χ0n) is 20.0. The maximum absolute atomic E-state index is 11.6. The third-order valence-corrected chi connectivity index (χ3v) is 5.08. The molecule has 0 radical (unpaired) electrons. The molecule has 0 aliphatic carbocycles. The number of carbonyl (C=O) groups excluding carboxylic acids is 1. The first-order valence-corrected chi connectivity index (χ1v) is 13.5. The Hall–Kier alpha value is -1.50. The van der Waals surface area contributed by atoms with Gasteiger partial charge in [-0.1, -0.05) is 81.2 Å². The van der Waals surface area contributed by atoms with E-state index in [-0.39, 0.29) is 13.0 Å². The van der Waals surface area contributed by atoms with E-state index in [1.807, 2.05) is 0 Å². The topological polar surface area (TPSA) is 113 Å². The summed E-state index contributed by atoms with van der Waals surface area (Å²) in [6, 6.07) is 0. The number of hydrogen-bond donors (Lipinski definition) is 3. The first-order chi connectivity index (χ1) is 15.8. The first kappa shape index (κ1) is 31.5. The van der Waals surface area contributed by atoms with E-state index in [9.17, 15) is 14.5 Å². The van der Waals surface area contributed by atoms with Gasteiger partial charge in [0.1, 0.15) is 12.7 Å². The number of ether oxygens (including phenoxy) is 1. The van der Waals surface area contributed by atoms with E-state index in [2.05, 4.69) is 60.1 Å². The standard InChI is InChI=1S/C25H43O7P/c1-2-3-4-5-6-7-8-9-10-11-12-13-14-15-16-17-18-19-20-21-25(27)31-22-24(26)23-32-33(28,29)30/h3-4,6-7,9-10,12-13,24,26H,2,5,8,11,14-23H2,1H3,(H2,28,29,30)/b4-3-,7-6-,10-9-,13-12-. The average molecular weight is 487 g/mol. The van der Waals surface area contributed by atoms with Crippen molar-refractivity contribution in [3.05, 3.63) is 48.6 Å². The van der Waals surface area contributed by atoms with Crippen molar-refractivity contribution in [2.24, 2.45) is 0 Å². The van der Waals surface area contributed by atoms with Crippen LogP contribution in [-0.4, -0.2) is 40.2 Å². The molecular formula is C25H43O7P. The smallest absolute Gasteiger partial charge is 0.463 e. The quantitative estimate of drug-likeness (QED) is 0.0798. The highest BCUT2D eigenvalue weighted by molar-refractivity contribution is 7.46. The fourth-order valence-corrected chi connectivity index (χ4v) is 3.20. The number of phosphoric ester groups is 1. The first-order valence-electron chi connectivity index (χ1n) is 12.0. The summed E-state index contributed by atoms with van der Waals surface area (Å²) in [5, 5.41) is 9.44. The largest absolute Gasteiger partial charge is 0.469 e. The van der Waals surface area contributed by atoms with Crippen LogP contribution in [0.2, 0.25) is 0 Å². The summed E-state index contributed by atoms with van der Waals surface area (Å²) in [6.45, 7) is 1.22. The van der Waals surface area contributed by atoms with Gasteiger partial charge in [0.2, 0.25) is 0 Å². The molecule has 0 amide bonds. The number of allylic oxidation sites excluding steroid dienone is 8. The van der Waals surface area contributed by atoms with Crippen LogP contribution < -0.4 is 0 Å². The Kier molecular flexibility index (Phi) is 21.3. The fraction of sp³-hybridized carbons (Fsp3) is 0.640. The number of rotatable bonds is 21. The second kappa shape index (κ2) is 22.3. The molecule has 0 fully saturated rings. The molecule has 0 rings (SSSR count). The Balaban J connectivity index is 3.46. The highest BCUT2D eigenvalue weighted by atomic mass is 31.2. The van der Waals surface area contributed by atoms with Crippen LogP contribution in [0.4, 0.5) is 0 Å². The second-order valence-corrected chi connectivity index (χ2v) is 9.02. The van der Waals surface area contributed by atoms with Gasteiger partial charge in [0.25, 0.3) is 0 Å². The van der Waals surface area contributed by atoms with E-state index in [0.717, 1.165) is 57.8 Å². The number of phosphoric acid groups is 1. The molecule has 0 aromatic carbocycles. The number of carbonyl (C=O) groups is 1. The van der Waals surface area contributed by atoms with Crippen LogP contribution in [0.1, 0.15) is 84.0 Å². The van der Waals surface area contributed by atoms with Gasteiger partial charge in [-0.3, -0.25) is 9.32 Å². The van der Waals surface area contributed by atoms with E-state index in [0.29, 0.717) is 0 Å². The van der Waals surface area contributed by atoms with Crippen molar-refractivity contribution >= 4 is 13.8 Å². The third kappa shape index (κ3) is 26.6. The summed E-state index contributed by atoms with van der Waals surface area (Å²) in [4.78, 5) is 28.6. The second-order valence-electron chi connectivity index (χ2n) is 7.78. The Morgan fingerprint density at radius 3 is 1.88 bits per heavy atom. The van der Waals surface area contributed by atoms with Gasteiger partial charge in [0.05, 0.1) is 6.61 Å². The Morgan fingerprint density at radius 2 is 1.30 bits per heavy atom. The molecule has 0 aromatic heterocycles. The fourth-order valence-electron chi connectivity index (χ4n) is 2.83. The SMILES string of the molecule is CC/C=C\C/C=C\C/C=C\C/C=C\CCCCCCCCC(=O)OCC(O)COP(=O)(O)O. The van der Waals surface area contributed by atoms with Crippen molar-refractivity contribution in [1.82, 2.24) is 0 Å². The lowest BCUT2D eigenvalue weighted by atomic mass is 10.1. The van der Waals surface area contributed by atoms with Gasteiger partial charge in [0.15, 0.2) is 0 Å². The van der Waals surface area contributed by atoms with Crippen molar-refractivity contribution in [2.45, 2.75) is 90.1 Å². The monoisotopic (exact) mass is 486 g/mol. The Labute approximate surface area is 199 Å². The maximum atomic E-state index is 11.6. The summed E-state index contributed by atoms with van der Waals surface area (Å²) in [6.07, 6.45) is 28.0. The Bertz CT molecular complexity index is 635. The highest BCUT2D eigenvalue weighted by Gasteiger charge is 2.17. The van der Waals surface area contributed by atoms with Crippen LogP contribution in [0.5, 0.6) is 0 Å². The van der Waals surface area contributed by atoms with Crippen LogP contribution in [0, 0.1) is 0 Å². The number of hydrogen-bond acceptors (Lipinski definition) is 5. The van der Waals surface area contributed by atoms with E-state index in [1.54, 1.807) is 0 Å². The van der Waals surface area contributed by atoms with Gasteiger partial charge in [-0.25, -0.2) is 4.57 Å². The number of aliphatic hydroxyl groups excluding tert-OH is 1. The maximum Gasteiger partial charge on any atom is 0.469 e. The molecule has 0 saturated carbocycles. The molecule has 8 heteroatoms. The number of esters is 1. The normalized spacial score (nSPS) is 13.7. The molecular weight excluding hydrogens is 443 g/mol. The van der Waals surface area contributed by atoms with Crippen LogP contribution in [0.3, 0.4) is 0 Å². The predicted molar refractivity (Wildman–Crippen MR) is 133 cm³/mol. The van der Waals surface area contributed by atoms with Gasteiger partial charge < -0.3 is 19.6 Å². The lowest BCUT2D eigenvalue weighted by Gasteiger charge is -2.12. The zero-order chi connectivity index (χ0) is 24.6. The third-order valence-electron chi connectivity index (χ3n) is 4.59. The number of unbranched alkanes of at least 4 members (excludes halogenated alkanes) is 6. The van der Waals surface area contributed by atoms with Crippen LogP contribution in [0.15, 0.2) is 48.6 Å². The van der Waals surface area contributed by atoms with Crippen LogP contribution >= 0.6 is 7.82 Å². The summed E-state index contributed by atoms with van der Waals surface area (Å²) < 4.78 is 19.5. The average Bonchev–Trinajstić information content (AvgIpc) is 2.77. The molecule has 0 spiro atoms. The lowest BCUT2D eigenvalue weighted by molar-refractivity contribution is -0.147. The van der Waals surface area contributed by atoms with Crippen LogP contribution in [-0.2, 0) is 18.6 Å².